The number of nitrogens with zero attached hydrogens (tertiary/aromatic N) is 1. The van der Waals surface area contributed by atoms with Gasteiger partial charge in [0.2, 0.25) is 0 Å². The summed E-state index contributed by atoms with van der Waals surface area (Å²) in [6.07, 6.45) is 1.75. The molecule has 1 aliphatic heterocycles. The van der Waals surface area contributed by atoms with E-state index in [1.807, 2.05) is 6.07 Å². The molecule has 1 fully saturated rings. The van der Waals surface area contributed by atoms with E-state index in [-0.39, 0.29) is 22.9 Å². The first-order chi connectivity index (χ1) is 7.24. The molecule has 15 heavy (non-hydrogen) atoms. The van der Waals surface area contributed by atoms with Crippen molar-refractivity contribution >= 4 is 0 Å². The molecule has 2 N–H and O–H groups in total. The third kappa shape index (κ3) is 1.66. The first-order valence-corrected chi connectivity index (χ1v) is 4.89. The molecule has 1 aromatic rings. The van der Waals surface area contributed by atoms with Crippen LogP contribution in [0.1, 0.15) is 30.0 Å². The molecule has 0 amide bonds. The lowest BCUT2D eigenvalue weighted by Gasteiger charge is -2.14. The summed E-state index contributed by atoms with van der Waals surface area (Å²) >= 11 is 0. The van der Waals surface area contributed by atoms with Crippen LogP contribution in [0, 0.1) is 17.1 Å². The van der Waals surface area contributed by atoms with E-state index in [9.17, 15) is 9.50 Å². The van der Waals surface area contributed by atoms with E-state index in [0.29, 0.717) is 0 Å². The second-order valence-electron chi connectivity index (χ2n) is 3.62. The van der Waals surface area contributed by atoms with Crippen molar-refractivity contribution in [2.24, 2.45) is 0 Å². The molecule has 2 rings (SSSR count). The van der Waals surface area contributed by atoms with E-state index < -0.39 is 5.82 Å². The number of hydrogen-bond acceptors (Lipinski definition) is 3. The summed E-state index contributed by atoms with van der Waals surface area (Å²) in [6, 6.07) is 4.20. The number of phenolic OH excluding ortho intramolecular Hbond substituents is 1. The number of halogens is 1. The van der Waals surface area contributed by atoms with Gasteiger partial charge in [0.15, 0.2) is 0 Å². The van der Waals surface area contributed by atoms with Gasteiger partial charge < -0.3 is 10.4 Å². The van der Waals surface area contributed by atoms with Gasteiger partial charge in [0.1, 0.15) is 17.6 Å². The molecule has 0 spiro atoms. The van der Waals surface area contributed by atoms with E-state index in [1.54, 1.807) is 0 Å². The average Bonchev–Trinajstić information content (AvgIpc) is 2.71. The highest BCUT2D eigenvalue weighted by molar-refractivity contribution is 5.49. The second-order valence-corrected chi connectivity index (χ2v) is 3.62. The Hall–Kier alpha value is -1.60. The predicted molar refractivity (Wildman–Crippen MR) is 52.8 cm³/mol. The zero-order valence-electron chi connectivity index (χ0n) is 8.13. The highest BCUT2D eigenvalue weighted by Crippen LogP contribution is 2.34. The molecule has 1 saturated heterocycles. The van der Waals surface area contributed by atoms with Gasteiger partial charge in [0.25, 0.3) is 0 Å². The van der Waals surface area contributed by atoms with Crippen molar-refractivity contribution in [3.8, 4) is 11.8 Å². The third-order valence-electron chi connectivity index (χ3n) is 2.69. The summed E-state index contributed by atoms with van der Waals surface area (Å²) in [7, 11) is 0. The first-order valence-electron chi connectivity index (χ1n) is 4.89. The van der Waals surface area contributed by atoms with Gasteiger partial charge in [-0.3, -0.25) is 0 Å². The maximum absolute atomic E-state index is 13.5. The van der Waals surface area contributed by atoms with Crippen LogP contribution < -0.4 is 5.32 Å². The van der Waals surface area contributed by atoms with Crippen molar-refractivity contribution in [2.45, 2.75) is 18.9 Å². The average molecular weight is 206 g/mol. The van der Waals surface area contributed by atoms with E-state index in [0.717, 1.165) is 19.4 Å². The van der Waals surface area contributed by atoms with Gasteiger partial charge in [-0.05, 0) is 31.5 Å². The maximum atomic E-state index is 13.5. The monoisotopic (exact) mass is 206 g/mol. The molecule has 0 unspecified atom stereocenters. The smallest absolute Gasteiger partial charge is 0.141 e. The molecule has 0 bridgehead atoms. The number of benzene rings is 1. The van der Waals surface area contributed by atoms with Gasteiger partial charge in [-0.1, -0.05) is 0 Å². The Kier molecular flexibility index (Phi) is 2.57. The molecule has 4 heteroatoms. The Morgan fingerprint density at radius 1 is 1.53 bits per heavy atom. The highest BCUT2D eigenvalue weighted by atomic mass is 19.1. The first kappa shape index (κ1) is 9.94. The fourth-order valence-electron chi connectivity index (χ4n) is 1.94. The van der Waals surface area contributed by atoms with Crippen molar-refractivity contribution in [3.63, 3.8) is 0 Å². The molecule has 1 heterocycles. The topological polar surface area (TPSA) is 56.0 Å². The van der Waals surface area contributed by atoms with Gasteiger partial charge in [-0.2, -0.15) is 5.26 Å². The minimum atomic E-state index is -0.453. The summed E-state index contributed by atoms with van der Waals surface area (Å²) < 4.78 is 13.5. The fraction of sp³-hybridized carbons (Fsp3) is 0.364. The molecular weight excluding hydrogens is 195 g/mol. The number of hydrogen-bond donors (Lipinski definition) is 2. The van der Waals surface area contributed by atoms with Crippen LogP contribution >= 0.6 is 0 Å². The molecular formula is C11H11FN2O. The zero-order valence-corrected chi connectivity index (χ0v) is 8.13. The summed E-state index contributed by atoms with van der Waals surface area (Å²) in [5, 5.41) is 21.5. The lowest BCUT2D eigenvalue weighted by molar-refractivity contribution is 0.441. The lowest BCUT2D eigenvalue weighted by atomic mass is 10.0. The maximum Gasteiger partial charge on any atom is 0.141 e. The van der Waals surface area contributed by atoms with Crippen molar-refractivity contribution in [3.05, 3.63) is 29.1 Å². The van der Waals surface area contributed by atoms with Crippen molar-refractivity contribution in [1.29, 1.82) is 5.26 Å². The Bertz CT molecular complexity index is 419. The molecule has 0 saturated carbocycles. The number of phenols is 1. The normalized spacial score (nSPS) is 20.1. The van der Waals surface area contributed by atoms with Crippen LogP contribution in [0.3, 0.4) is 0 Å². The summed E-state index contributed by atoms with van der Waals surface area (Å²) in [6.45, 7) is 0.820. The molecule has 78 valence electrons. The third-order valence-corrected chi connectivity index (χ3v) is 2.69. The van der Waals surface area contributed by atoms with Gasteiger partial charge >= 0.3 is 0 Å². The molecule has 0 aliphatic carbocycles. The molecule has 1 atom stereocenters. The molecule has 0 aromatic heterocycles. The Labute approximate surface area is 87.2 Å². The van der Waals surface area contributed by atoms with E-state index in [2.05, 4.69) is 5.32 Å². The second kappa shape index (κ2) is 3.87. The zero-order chi connectivity index (χ0) is 10.8. The Morgan fingerprint density at radius 3 is 2.93 bits per heavy atom. The molecule has 1 aromatic carbocycles. The van der Waals surface area contributed by atoms with Crippen LogP contribution in [0.4, 0.5) is 4.39 Å². The van der Waals surface area contributed by atoms with Crippen LogP contribution in [0.15, 0.2) is 12.1 Å². The lowest BCUT2D eigenvalue weighted by Crippen LogP contribution is -2.14. The number of aromatic hydroxyl groups is 1. The van der Waals surface area contributed by atoms with Crippen LogP contribution in [0.25, 0.3) is 0 Å². The minimum absolute atomic E-state index is 0.125. The minimum Gasteiger partial charge on any atom is -0.506 e. The van der Waals surface area contributed by atoms with E-state index in [1.165, 1.54) is 12.1 Å². The van der Waals surface area contributed by atoms with Crippen LogP contribution in [0.2, 0.25) is 0 Å². The van der Waals surface area contributed by atoms with Gasteiger partial charge in [0, 0.05) is 11.6 Å². The van der Waals surface area contributed by atoms with Gasteiger partial charge in [-0.25, -0.2) is 4.39 Å². The molecule has 0 radical (unpaired) electrons. The Balaban J connectivity index is 2.49. The molecule has 1 aliphatic rings. The van der Waals surface area contributed by atoms with E-state index in [4.69, 9.17) is 5.26 Å². The SMILES string of the molecule is N#Cc1ccc(F)c([C@@H]2CCCN2)c1O. The summed E-state index contributed by atoms with van der Waals surface area (Å²) in [5.41, 5.74) is 0.353. The predicted octanol–water partition coefficient (Wildman–Crippen LogP) is 1.83. The number of rotatable bonds is 1. The standard InChI is InChI=1S/C11H11FN2O/c12-8-4-3-7(6-13)11(15)10(8)9-2-1-5-14-9/h3-4,9,14-15H,1-2,5H2/t9-/m0/s1. The van der Waals surface area contributed by atoms with Crippen molar-refractivity contribution in [1.82, 2.24) is 5.32 Å². The van der Waals surface area contributed by atoms with Crippen molar-refractivity contribution in [2.75, 3.05) is 6.54 Å². The summed E-state index contributed by atoms with van der Waals surface area (Å²) in [5.74, 6) is -0.678. The van der Waals surface area contributed by atoms with E-state index >= 15 is 0 Å². The fourth-order valence-corrected chi connectivity index (χ4v) is 1.94. The van der Waals surface area contributed by atoms with Crippen LogP contribution in [-0.4, -0.2) is 11.7 Å². The van der Waals surface area contributed by atoms with Crippen LogP contribution in [0.5, 0.6) is 5.75 Å². The van der Waals surface area contributed by atoms with Gasteiger partial charge in [-0.15, -0.1) is 0 Å². The van der Waals surface area contributed by atoms with Gasteiger partial charge in [0.05, 0.1) is 5.56 Å². The number of nitriles is 1. The van der Waals surface area contributed by atoms with Crippen molar-refractivity contribution < 1.29 is 9.50 Å². The quantitative estimate of drug-likeness (QED) is 0.737. The highest BCUT2D eigenvalue weighted by Gasteiger charge is 2.24. The molecule has 3 nitrogen and oxygen atoms in total. The summed E-state index contributed by atoms with van der Waals surface area (Å²) in [4.78, 5) is 0. The largest absolute Gasteiger partial charge is 0.506 e. The Morgan fingerprint density at radius 2 is 2.33 bits per heavy atom. The van der Waals surface area contributed by atoms with Crippen LogP contribution in [-0.2, 0) is 0 Å². The number of nitrogens with one attached hydrogen (secondary N) is 1.